The number of carbonyl (C=O) groups excluding carboxylic acids is 1. The number of carbonyl (C=O) groups is 1. The molecule has 2 aromatic rings. The molecule has 1 heterocycles. The van der Waals surface area contributed by atoms with Crippen molar-refractivity contribution in [2.24, 2.45) is 0 Å². The average molecular weight is 324 g/mol. The minimum atomic E-state index is 0.126. The molecule has 1 amide bonds. The molecule has 0 N–H and O–H groups in total. The van der Waals surface area contributed by atoms with E-state index in [1.54, 1.807) is 0 Å². The molecular weight excluding hydrogens is 300 g/mol. The van der Waals surface area contributed by atoms with Crippen LogP contribution >= 0.6 is 0 Å². The number of rotatable bonds is 4. The monoisotopic (exact) mass is 324 g/mol. The Morgan fingerprint density at radius 3 is 2.46 bits per heavy atom. The summed E-state index contributed by atoms with van der Waals surface area (Å²) in [7, 11) is 2.11. The zero-order chi connectivity index (χ0) is 16.8. The van der Waals surface area contributed by atoms with E-state index in [0.717, 1.165) is 49.5 Å². The van der Waals surface area contributed by atoms with Gasteiger partial charge in [-0.15, -0.1) is 0 Å². The van der Waals surface area contributed by atoms with Gasteiger partial charge in [-0.05, 0) is 49.8 Å². The Morgan fingerprint density at radius 2 is 1.71 bits per heavy atom. The predicted molar refractivity (Wildman–Crippen MR) is 95.2 cm³/mol. The van der Waals surface area contributed by atoms with Crippen LogP contribution in [0.2, 0.25) is 0 Å². The van der Waals surface area contributed by atoms with Crippen LogP contribution in [0.15, 0.2) is 54.6 Å². The number of para-hydroxylation sites is 1. The molecule has 0 aliphatic carbocycles. The summed E-state index contributed by atoms with van der Waals surface area (Å²) in [5.41, 5.74) is 1.81. The number of amides is 1. The predicted octanol–water partition coefficient (Wildman–Crippen LogP) is 3.04. The molecule has 1 aliphatic heterocycles. The summed E-state index contributed by atoms with van der Waals surface area (Å²) in [4.78, 5) is 16.9. The highest BCUT2D eigenvalue weighted by molar-refractivity contribution is 5.94. The first kappa shape index (κ1) is 16.5. The van der Waals surface area contributed by atoms with Gasteiger partial charge in [0, 0.05) is 25.2 Å². The fourth-order valence-corrected chi connectivity index (χ4v) is 2.86. The molecule has 2 aromatic carbocycles. The Balaban J connectivity index is 1.58. The highest BCUT2D eigenvalue weighted by Gasteiger charge is 2.18. The molecule has 1 saturated heterocycles. The molecule has 0 saturated carbocycles. The highest BCUT2D eigenvalue weighted by Crippen LogP contribution is 2.14. The van der Waals surface area contributed by atoms with Crippen LogP contribution < -0.4 is 4.74 Å². The summed E-state index contributed by atoms with van der Waals surface area (Å²) in [6.07, 6.45) is 1.03. The van der Waals surface area contributed by atoms with Crippen LogP contribution in [-0.2, 0) is 6.61 Å². The molecule has 0 unspecified atom stereocenters. The zero-order valence-electron chi connectivity index (χ0n) is 14.1. The lowest BCUT2D eigenvalue weighted by Gasteiger charge is -2.20. The maximum absolute atomic E-state index is 12.6. The van der Waals surface area contributed by atoms with Crippen LogP contribution in [-0.4, -0.2) is 48.9 Å². The standard InChI is InChI=1S/C20H24N2O2/c1-21-12-5-13-22(15-14-21)20(23)18-10-8-17(9-11-18)16-24-19-6-3-2-4-7-19/h2-4,6-11H,5,12-16H2,1H3. The second-order valence-corrected chi connectivity index (χ2v) is 6.25. The molecule has 0 spiro atoms. The third-order valence-corrected chi connectivity index (χ3v) is 4.36. The summed E-state index contributed by atoms with van der Waals surface area (Å²) in [5, 5.41) is 0. The van der Waals surface area contributed by atoms with Gasteiger partial charge in [-0.1, -0.05) is 30.3 Å². The normalized spacial score (nSPS) is 15.8. The van der Waals surface area contributed by atoms with Crippen molar-refractivity contribution in [2.75, 3.05) is 33.2 Å². The quantitative estimate of drug-likeness (QED) is 0.866. The van der Waals surface area contributed by atoms with Gasteiger partial charge in [0.1, 0.15) is 12.4 Å². The second kappa shape index (κ2) is 7.97. The fourth-order valence-electron chi connectivity index (χ4n) is 2.86. The van der Waals surface area contributed by atoms with Crippen molar-refractivity contribution in [1.29, 1.82) is 0 Å². The Labute approximate surface area is 143 Å². The van der Waals surface area contributed by atoms with Crippen LogP contribution in [0.5, 0.6) is 5.75 Å². The van der Waals surface area contributed by atoms with Gasteiger partial charge in [0.15, 0.2) is 0 Å². The zero-order valence-corrected chi connectivity index (χ0v) is 14.1. The highest BCUT2D eigenvalue weighted by atomic mass is 16.5. The number of ether oxygens (including phenoxy) is 1. The van der Waals surface area contributed by atoms with Gasteiger partial charge in [-0.3, -0.25) is 4.79 Å². The van der Waals surface area contributed by atoms with E-state index >= 15 is 0 Å². The molecule has 126 valence electrons. The SMILES string of the molecule is CN1CCCN(C(=O)c2ccc(COc3ccccc3)cc2)CC1. The summed E-state index contributed by atoms with van der Waals surface area (Å²) in [6.45, 7) is 4.14. The molecular formula is C20H24N2O2. The largest absolute Gasteiger partial charge is 0.489 e. The van der Waals surface area contributed by atoms with Crippen molar-refractivity contribution in [1.82, 2.24) is 9.80 Å². The molecule has 4 nitrogen and oxygen atoms in total. The molecule has 0 atom stereocenters. The maximum atomic E-state index is 12.6. The molecule has 1 aliphatic rings. The van der Waals surface area contributed by atoms with E-state index in [9.17, 15) is 4.79 Å². The van der Waals surface area contributed by atoms with Crippen LogP contribution in [0.25, 0.3) is 0 Å². The van der Waals surface area contributed by atoms with Crippen molar-refractivity contribution in [3.63, 3.8) is 0 Å². The van der Waals surface area contributed by atoms with Crippen LogP contribution in [0.3, 0.4) is 0 Å². The number of nitrogens with zero attached hydrogens (tertiary/aromatic N) is 2. The van der Waals surface area contributed by atoms with Crippen molar-refractivity contribution in [3.8, 4) is 5.75 Å². The van der Waals surface area contributed by atoms with Crippen LogP contribution in [0.4, 0.5) is 0 Å². The lowest BCUT2D eigenvalue weighted by atomic mass is 10.1. The van der Waals surface area contributed by atoms with E-state index in [1.807, 2.05) is 59.5 Å². The third kappa shape index (κ3) is 4.36. The Hall–Kier alpha value is -2.33. The maximum Gasteiger partial charge on any atom is 0.253 e. The van der Waals surface area contributed by atoms with E-state index in [-0.39, 0.29) is 5.91 Å². The van der Waals surface area contributed by atoms with Gasteiger partial charge >= 0.3 is 0 Å². The first-order valence-electron chi connectivity index (χ1n) is 8.47. The molecule has 3 rings (SSSR count). The van der Waals surface area contributed by atoms with Gasteiger partial charge in [0.25, 0.3) is 5.91 Å². The number of benzene rings is 2. The molecule has 0 bridgehead atoms. The minimum absolute atomic E-state index is 0.126. The van der Waals surface area contributed by atoms with E-state index in [2.05, 4.69) is 11.9 Å². The Morgan fingerprint density at radius 1 is 0.958 bits per heavy atom. The average Bonchev–Trinajstić information content (AvgIpc) is 2.85. The van der Waals surface area contributed by atoms with Crippen molar-refractivity contribution in [3.05, 3.63) is 65.7 Å². The van der Waals surface area contributed by atoms with Gasteiger partial charge in [0.2, 0.25) is 0 Å². The Bertz CT molecular complexity index is 655. The number of hydrogen-bond acceptors (Lipinski definition) is 3. The van der Waals surface area contributed by atoms with E-state index in [4.69, 9.17) is 4.74 Å². The summed E-state index contributed by atoms with van der Waals surface area (Å²) >= 11 is 0. The van der Waals surface area contributed by atoms with Crippen molar-refractivity contribution in [2.45, 2.75) is 13.0 Å². The lowest BCUT2D eigenvalue weighted by molar-refractivity contribution is 0.0763. The molecule has 0 aromatic heterocycles. The van der Waals surface area contributed by atoms with Crippen LogP contribution in [0, 0.1) is 0 Å². The van der Waals surface area contributed by atoms with Gasteiger partial charge in [0.05, 0.1) is 0 Å². The van der Waals surface area contributed by atoms with Crippen molar-refractivity contribution >= 4 is 5.91 Å². The third-order valence-electron chi connectivity index (χ3n) is 4.36. The molecule has 0 radical (unpaired) electrons. The first-order chi connectivity index (χ1) is 11.7. The second-order valence-electron chi connectivity index (χ2n) is 6.25. The number of likely N-dealkylation sites (N-methyl/N-ethyl adjacent to an activating group) is 1. The topological polar surface area (TPSA) is 32.8 Å². The van der Waals surface area contributed by atoms with Crippen molar-refractivity contribution < 1.29 is 9.53 Å². The van der Waals surface area contributed by atoms with E-state index < -0.39 is 0 Å². The molecule has 1 fully saturated rings. The number of hydrogen-bond donors (Lipinski definition) is 0. The van der Waals surface area contributed by atoms with Gasteiger partial charge in [-0.25, -0.2) is 0 Å². The summed E-state index contributed by atoms with van der Waals surface area (Å²) < 4.78 is 5.74. The summed E-state index contributed by atoms with van der Waals surface area (Å²) in [5.74, 6) is 0.979. The summed E-state index contributed by atoms with van der Waals surface area (Å²) in [6, 6.07) is 17.5. The minimum Gasteiger partial charge on any atom is -0.489 e. The fraction of sp³-hybridized carbons (Fsp3) is 0.350. The van der Waals surface area contributed by atoms with E-state index in [1.165, 1.54) is 0 Å². The van der Waals surface area contributed by atoms with Gasteiger partial charge in [-0.2, -0.15) is 0 Å². The Kier molecular flexibility index (Phi) is 5.49. The van der Waals surface area contributed by atoms with Crippen LogP contribution in [0.1, 0.15) is 22.3 Å². The first-order valence-corrected chi connectivity index (χ1v) is 8.47. The smallest absolute Gasteiger partial charge is 0.253 e. The lowest BCUT2D eigenvalue weighted by Crippen LogP contribution is -2.34. The van der Waals surface area contributed by atoms with Gasteiger partial charge < -0.3 is 14.5 Å². The molecule has 4 heteroatoms. The molecule has 24 heavy (non-hydrogen) atoms. The van der Waals surface area contributed by atoms with E-state index in [0.29, 0.717) is 6.61 Å².